The van der Waals surface area contributed by atoms with E-state index in [1.807, 2.05) is 0 Å². The summed E-state index contributed by atoms with van der Waals surface area (Å²) in [7, 11) is 0. The molecule has 0 N–H and O–H groups in total. The van der Waals surface area contributed by atoms with Crippen molar-refractivity contribution in [3.8, 4) is 0 Å². The predicted octanol–water partition coefficient (Wildman–Crippen LogP) is 5.22. The number of alkyl halides is 1. The molecule has 0 spiro atoms. The Labute approximate surface area is 124 Å². The Morgan fingerprint density at radius 3 is 2.65 bits per heavy atom. The predicted molar refractivity (Wildman–Crippen MR) is 78.7 cm³/mol. The highest BCUT2D eigenvalue weighted by Gasteiger charge is 2.30. The smallest absolute Gasteiger partial charge is 0.0647 e. The third-order valence-electron chi connectivity index (χ3n) is 3.22. The van der Waals surface area contributed by atoms with E-state index in [2.05, 4.69) is 57.8 Å². The summed E-state index contributed by atoms with van der Waals surface area (Å²) < 4.78 is 7.78. The molecular weight excluding hydrogens is 367 g/mol. The van der Waals surface area contributed by atoms with Crippen molar-refractivity contribution < 1.29 is 4.74 Å². The van der Waals surface area contributed by atoms with E-state index in [9.17, 15) is 0 Å². The van der Waals surface area contributed by atoms with Crippen molar-refractivity contribution in [3.63, 3.8) is 0 Å². The van der Waals surface area contributed by atoms with Crippen molar-refractivity contribution in [2.45, 2.75) is 31.7 Å². The second-order valence-electron chi connectivity index (χ2n) is 4.66. The van der Waals surface area contributed by atoms with Gasteiger partial charge in [0.25, 0.3) is 0 Å². The second kappa shape index (κ2) is 5.60. The van der Waals surface area contributed by atoms with E-state index in [0.29, 0.717) is 12.0 Å². The molecule has 1 fully saturated rings. The van der Waals surface area contributed by atoms with Crippen molar-refractivity contribution >= 4 is 43.5 Å². The lowest BCUT2D eigenvalue weighted by Crippen LogP contribution is -2.09. The van der Waals surface area contributed by atoms with Gasteiger partial charge in [-0.25, -0.2) is 0 Å². The summed E-state index contributed by atoms with van der Waals surface area (Å²) in [6.45, 7) is 4.93. The first-order valence-corrected chi connectivity index (χ1v) is 7.72. The van der Waals surface area contributed by atoms with E-state index in [1.165, 1.54) is 5.56 Å². The summed E-state index contributed by atoms with van der Waals surface area (Å²) >= 11 is 13.7. The third-order valence-corrected chi connectivity index (χ3v) is 5.35. The minimum absolute atomic E-state index is 0.00576. The Balaban J connectivity index is 2.24. The van der Waals surface area contributed by atoms with Crippen molar-refractivity contribution in [2.24, 2.45) is 5.92 Å². The molecule has 4 heteroatoms. The number of rotatable bonds is 2. The van der Waals surface area contributed by atoms with Crippen LogP contribution >= 0.6 is 43.5 Å². The zero-order valence-corrected chi connectivity index (χ0v) is 13.8. The van der Waals surface area contributed by atoms with Crippen LogP contribution < -0.4 is 0 Å². The van der Waals surface area contributed by atoms with Crippen LogP contribution in [0.1, 0.15) is 29.8 Å². The topological polar surface area (TPSA) is 9.23 Å². The average molecular weight is 383 g/mol. The highest BCUT2D eigenvalue weighted by molar-refractivity contribution is 9.11. The quantitative estimate of drug-likeness (QED) is 0.637. The molecule has 1 aromatic carbocycles. The monoisotopic (exact) mass is 380 g/mol. The van der Waals surface area contributed by atoms with Crippen molar-refractivity contribution in [2.75, 3.05) is 6.61 Å². The first kappa shape index (κ1) is 13.9. The highest BCUT2D eigenvalue weighted by atomic mass is 79.9. The van der Waals surface area contributed by atoms with Gasteiger partial charge in [0.05, 0.1) is 18.1 Å². The molecule has 1 aliphatic rings. The molecule has 3 atom stereocenters. The number of aryl methyl sites for hydroxylation is 1. The second-order valence-corrected chi connectivity index (χ2v) is 6.84. The Morgan fingerprint density at radius 1 is 1.35 bits per heavy atom. The van der Waals surface area contributed by atoms with Gasteiger partial charge >= 0.3 is 0 Å². The first-order valence-electron chi connectivity index (χ1n) is 5.70. The lowest BCUT2D eigenvalue weighted by atomic mass is 9.96. The lowest BCUT2D eigenvalue weighted by molar-refractivity contribution is 0.120. The fraction of sp³-hybridized carbons (Fsp3) is 0.538. The van der Waals surface area contributed by atoms with E-state index in [0.717, 1.165) is 27.5 Å². The van der Waals surface area contributed by atoms with Crippen molar-refractivity contribution in [3.05, 3.63) is 32.2 Å². The lowest BCUT2D eigenvalue weighted by Gasteiger charge is -2.18. The number of benzene rings is 1. The molecule has 0 saturated carbocycles. The largest absolute Gasteiger partial charge is 0.378 e. The van der Waals surface area contributed by atoms with Crippen LogP contribution in [0, 0.1) is 12.8 Å². The Kier molecular flexibility index (Phi) is 4.56. The molecule has 0 aliphatic carbocycles. The van der Waals surface area contributed by atoms with Crippen LogP contribution in [0.25, 0.3) is 0 Å². The molecule has 1 nitrogen and oxygen atoms in total. The molecule has 94 valence electrons. The van der Waals surface area contributed by atoms with E-state index in [4.69, 9.17) is 16.3 Å². The zero-order valence-electron chi connectivity index (χ0n) is 9.84. The Morgan fingerprint density at radius 2 is 2.06 bits per heavy atom. The standard InChI is InChI=1S/C13H15Br2ClO/c1-7-3-12(15)10(5-11(7)14)13(16)9-4-8(2)17-6-9/h3,5,8-9,13H,4,6H2,1-2H3. The van der Waals surface area contributed by atoms with Crippen LogP contribution in [0.5, 0.6) is 0 Å². The molecule has 0 radical (unpaired) electrons. The Hall–Kier alpha value is 0.430. The summed E-state index contributed by atoms with van der Waals surface area (Å²) in [5.41, 5.74) is 2.35. The number of ether oxygens (including phenoxy) is 1. The summed E-state index contributed by atoms with van der Waals surface area (Å²) in [6.07, 6.45) is 1.36. The SMILES string of the molecule is Cc1cc(Br)c(C(Cl)C2COC(C)C2)cc1Br. The van der Waals surface area contributed by atoms with E-state index in [1.54, 1.807) is 0 Å². The van der Waals surface area contributed by atoms with E-state index < -0.39 is 0 Å². The van der Waals surface area contributed by atoms with Crippen LogP contribution in [0.2, 0.25) is 0 Å². The molecular formula is C13H15Br2ClO. The maximum absolute atomic E-state index is 6.58. The fourth-order valence-corrected chi connectivity index (χ4v) is 3.73. The number of halogens is 3. The highest BCUT2D eigenvalue weighted by Crippen LogP contribution is 2.41. The van der Waals surface area contributed by atoms with Gasteiger partial charge in [-0.1, -0.05) is 31.9 Å². The van der Waals surface area contributed by atoms with Crippen LogP contribution in [0.3, 0.4) is 0 Å². The van der Waals surface area contributed by atoms with Crippen molar-refractivity contribution in [1.29, 1.82) is 0 Å². The zero-order chi connectivity index (χ0) is 12.6. The van der Waals surface area contributed by atoms with Crippen LogP contribution in [0.15, 0.2) is 21.1 Å². The van der Waals surface area contributed by atoms with Gasteiger partial charge in [-0.05, 0) is 43.5 Å². The molecule has 1 aromatic rings. The van der Waals surface area contributed by atoms with Crippen LogP contribution in [0.4, 0.5) is 0 Å². The van der Waals surface area contributed by atoms with Gasteiger partial charge in [-0.2, -0.15) is 0 Å². The van der Waals surface area contributed by atoms with Gasteiger partial charge in [0.15, 0.2) is 0 Å². The van der Waals surface area contributed by atoms with Crippen molar-refractivity contribution in [1.82, 2.24) is 0 Å². The number of hydrogen-bond donors (Lipinski definition) is 0. The molecule has 3 unspecified atom stereocenters. The minimum atomic E-state index is 0.00576. The number of hydrogen-bond acceptors (Lipinski definition) is 1. The minimum Gasteiger partial charge on any atom is -0.378 e. The van der Waals surface area contributed by atoms with Gasteiger partial charge in [-0.3, -0.25) is 0 Å². The summed E-state index contributed by atoms with van der Waals surface area (Å²) in [5, 5.41) is 0.00576. The maximum Gasteiger partial charge on any atom is 0.0647 e. The summed E-state index contributed by atoms with van der Waals surface area (Å²) in [6, 6.07) is 4.22. The van der Waals surface area contributed by atoms with Crippen LogP contribution in [-0.2, 0) is 4.74 Å². The molecule has 1 saturated heterocycles. The third kappa shape index (κ3) is 3.06. The molecule has 0 bridgehead atoms. The fourth-order valence-electron chi connectivity index (χ4n) is 2.18. The van der Waals surface area contributed by atoms with Crippen LogP contribution in [-0.4, -0.2) is 12.7 Å². The van der Waals surface area contributed by atoms with Gasteiger partial charge < -0.3 is 4.74 Å². The molecule has 1 heterocycles. The van der Waals surface area contributed by atoms with Gasteiger partial charge in [0.1, 0.15) is 0 Å². The first-order chi connectivity index (χ1) is 7.99. The molecule has 0 amide bonds. The van der Waals surface area contributed by atoms with Gasteiger partial charge in [-0.15, -0.1) is 11.6 Å². The van der Waals surface area contributed by atoms with E-state index >= 15 is 0 Å². The summed E-state index contributed by atoms with van der Waals surface area (Å²) in [4.78, 5) is 0. The Bertz CT molecular complexity index is 422. The van der Waals surface area contributed by atoms with Gasteiger partial charge in [0.2, 0.25) is 0 Å². The average Bonchev–Trinajstić information content (AvgIpc) is 2.69. The normalized spacial score (nSPS) is 26.2. The molecule has 2 rings (SSSR count). The molecule has 17 heavy (non-hydrogen) atoms. The molecule has 0 aromatic heterocycles. The van der Waals surface area contributed by atoms with E-state index in [-0.39, 0.29) is 5.38 Å². The maximum atomic E-state index is 6.58. The molecule has 1 aliphatic heterocycles. The summed E-state index contributed by atoms with van der Waals surface area (Å²) in [5.74, 6) is 0.401. The van der Waals surface area contributed by atoms with Gasteiger partial charge in [0, 0.05) is 14.9 Å².